The van der Waals surface area contributed by atoms with Crippen molar-refractivity contribution in [1.82, 2.24) is 15.3 Å². The molecule has 0 aromatic carbocycles. The summed E-state index contributed by atoms with van der Waals surface area (Å²) in [5, 5.41) is 15.3. The molecule has 10 heteroatoms. The van der Waals surface area contributed by atoms with Gasteiger partial charge in [-0.25, -0.2) is 9.97 Å². The number of rotatable bonds is 7. The molecule has 2 heterocycles. The van der Waals surface area contributed by atoms with Crippen LogP contribution in [-0.2, 0) is 6.18 Å². The summed E-state index contributed by atoms with van der Waals surface area (Å²) in [6.07, 6.45) is -2.74. The number of carbonyl (C=O) groups excluding carboxylic acids is 1. The van der Waals surface area contributed by atoms with Gasteiger partial charge >= 0.3 is 6.18 Å². The highest BCUT2D eigenvalue weighted by Crippen LogP contribution is 2.41. The van der Waals surface area contributed by atoms with Crippen LogP contribution in [0, 0.1) is 6.92 Å². The first-order valence-electron chi connectivity index (χ1n) is 9.47. The van der Waals surface area contributed by atoms with E-state index in [-0.39, 0.29) is 27.8 Å². The van der Waals surface area contributed by atoms with Gasteiger partial charge in [0.05, 0.1) is 21.7 Å². The van der Waals surface area contributed by atoms with Crippen LogP contribution in [0.15, 0.2) is 12.3 Å². The Morgan fingerprint density at radius 1 is 1.23 bits per heavy atom. The molecule has 1 amide bonds. The van der Waals surface area contributed by atoms with E-state index in [0.717, 1.165) is 23.6 Å². The molecule has 0 saturated heterocycles. The number of aryl methyl sites for hydroxylation is 1. The zero-order valence-electron chi connectivity index (χ0n) is 17.9. The van der Waals surface area contributed by atoms with Crippen LogP contribution >= 0.6 is 11.3 Å². The number of halogens is 3. The number of amides is 1. The molecule has 0 aliphatic rings. The molecule has 2 aromatic rings. The minimum atomic E-state index is -4.61. The lowest BCUT2D eigenvalue weighted by molar-refractivity contribution is -0.137. The third kappa shape index (κ3) is 6.15. The van der Waals surface area contributed by atoms with Crippen LogP contribution in [0.4, 0.5) is 19.0 Å². The average molecular weight is 445 g/mol. The van der Waals surface area contributed by atoms with E-state index in [0.29, 0.717) is 12.1 Å². The molecule has 0 bridgehead atoms. The smallest absolute Gasteiger partial charge is 0.389 e. The summed E-state index contributed by atoms with van der Waals surface area (Å²) >= 11 is 0.860. The molecule has 2 rings (SSSR count). The molecular weight excluding hydrogens is 417 g/mol. The summed E-state index contributed by atoms with van der Waals surface area (Å²) in [6, 6.07) is 0.986. The number of nitrogens with zero attached hydrogens (tertiary/aromatic N) is 2. The Balaban J connectivity index is 2.43. The van der Waals surface area contributed by atoms with E-state index in [1.165, 1.54) is 13.8 Å². The maximum Gasteiger partial charge on any atom is 0.417 e. The minimum Gasteiger partial charge on any atom is -0.389 e. The van der Waals surface area contributed by atoms with Gasteiger partial charge in [0.25, 0.3) is 5.91 Å². The largest absolute Gasteiger partial charge is 0.417 e. The van der Waals surface area contributed by atoms with Crippen molar-refractivity contribution >= 4 is 23.1 Å². The first kappa shape index (κ1) is 24.1. The van der Waals surface area contributed by atoms with Crippen molar-refractivity contribution in [3.05, 3.63) is 28.5 Å². The Morgan fingerprint density at radius 2 is 1.87 bits per heavy atom. The third-order valence-corrected chi connectivity index (χ3v) is 5.67. The van der Waals surface area contributed by atoms with Gasteiger partial charge in [-0.2, -0.15) is 13.2 Å². The van der Waals surface area contributed by atoms with Crippen LogP contribution < -0.4 is 10.6 Å². The lowest BCUT2D eigenvalue weighted by atomic mass is 10.0. The molecule has 3 N–H and O–H groups in total. The third-order valence-electron chi connectivity index (χ3n) is 4.48. The Morgan fingerprint density at radius 3 is 2.40 bits per heavy atom. The SMILES string of the molecule is CCC(C)(C)Nc1cc(C(F)(F)F)c(-c2sc(C(=O)NCC(C)(C)O)nc2C)cn1. The molecule has 0 spiro atoms. The standard InChI is InChI=1S/C20H27F3N4O2S/c1-7-18(3,4)27-14-8-13(20(21,22)23)12(9-24-14)15-11(2)26-17(30-15)16(28)25-10-19(5,6)29/h8-9,29H,7,10H2,1-6H3,(H,24,27)(H,25,28). The second kappa shape index (κ2) is 8.50. The molecule has 0 saturated carbocycles. The lowest BCUT2D eigenvalue weighted by Crippen LogP contribution is -2.38. The number of hydrogen-bond acceptors (Lipinski definition) is 6. The number of anilines is 1. The summed E-state index contributed by atoms with van der Waals surface area (Å²) < 4.78 is 41.4. The van der Waals surface area contributed by atoms with E-state index in [4.69, 9.17) is 0 Å². The Hall–Kier alpha value is -2.20. The van der Waals surface area contributed by atoms with Gasteiger partial charge in [-0.1, -0.05) is 6.92 Å². The van der Waals surface area contributed by atoms with Crippen LogP contribution in [0.1, 0.15) is 62.1 Å². The first-order chi connectivity index (χ1) is 13.6. The Kier molecular flexibility index (Phi) is 6.82. The van der Waals surface area contributed by atoms with E-state index in [1.807, 2.05) is 20.8 Å². The normalized spacial score (nSPS) is 12.7. The molecule has 6 nitrogen and oxygen atoms in total. The topological polar surface area (TPSA) is 87.1 Å². The van der Waals surface area contributed by atoms with Gasteiger partial charge < -0.3 is 15.7 Å². The zero-order valence-corrected chi connectivity index (χ0v) is 18.7. The molecule has 2 aromatic heterocycles. The fourth-order valence-corrected chi connectivity index (χ4v) is 3.50. The van der Waals surface area contributed by atoms with Gasteiger partial charge in [0, 0.05) is 23.8 Å². The fourth-order valence-electron chi connectivity index (χ4n) is 2.49. The van der Waals surface area contributed by atoms with Crippen molar-refractivity contribution in [3.63, 3.8) is 0 Å². The fraction of sp³-hybridized carbons (Fsp3) is 0.550. The van der Waals surface area contributed by atoms with Crippen molar-refractivity contribution in [2.24, 2.45) is 0 Å². The number of pyridine rings is 1. The van der Waals surface area contributed by atoms with E-state index >= 15 is 0 Å². The number of aromatic nitrogens is 2. The Labute approximate surface area is 177 Å². The van der Waals surface area contributed by atoms with Gasteiger partial charge in [0.2, 0.25) is 0 Å². The molecule has 0 aliphatic heterocycles. The monoisotopic (exact) mass is 444 g/mol. The van der Waals surface area contributed by atoms with Gasteiger partial charge in [0.15, 0.2) is 5.01 Å². The number of nitrogens with one attached hydrogen (secondary N) is 2. The van der Waals surface area contributed by atoms with E-state index < -0.39 is 28.8 Å². The number of alkyl halides is 3. The first-order valence-corrected chi connectivity index (χ1v) is 10.3. The van der Waals surface area contributed by atoms with Gasteiger partial charge in [-0.3, -0.25) is 4.79 Å². The zero-order chi connectivity index (χ0) is 22.9. The van der Waals surface area contributed by atoms with Crippen LogP contribution in [-0.4, -0.2) is 38.7 Å². The van der Waals surface area contributed by atoms with Crippen molar-refractivity contribution in [2.75, 3.05) is 11.9 Å². The van der Waals surface area contributed by atoms with Gasteiger partial charge in [-0.05, 0) is 47.1 Å². The lowest BCUT2D eigenvalue weighted by Gasteiger charge is -2.26. The van der Waals surface area contributed by atoms with Crippen LogP contribution in [0.5, 0.6) is 0 Å². The summed E-state index contributed by atoms with van der Waals surface area (Å²) in [5.74, 6) is -0.427. The van der Waals surface area contributed by atoms with Crippen LogP contribution in [0.3, 0.4) is 0 Å². The molecule has 30 heavy (non-hydrogen) atoms. The summed E-state index contributed by atoms with van der Waals surface area (Å²) in [7, 11) is 0. The minimum absolute atomic E-state index is 0.0112. The van der Waals surface area contributed by atoms with Crippen LogP contribution in [0.25, 0.3) is 10.4 Å². The predicted octanol–water partition coefficient (Wildman–Crippen LogP) is 4.63. The maximum absolute atomic E-state index is 13.8. The number of carbonyl (C=O) groups is 1. The summed E-state index contributed by atoms with van der Waals surface area (Å²) in [6.45, 7) is 10.3. The molecule has 0 atom stereocenters. The molecule has 0 aliphatic carbocycles. The van der Waals surface area contributed by atoms with Crippen molar-refractivity contribution in [1.29, 1.82) is 0 Å². The number of aliphatic hydroxyl groups is 1. The van der Waals surface area contributed by atoms with E-state index in [9.17, 15) is 23.1 Å². The van der Waals surface area contributed by atoms with Crippen molar-refractivity contribution in [3.8, 4) is 10.4 Å². The second-order valence-corrected chi connectivity index (χ2v) is 9.40. The number of thiazole rings is 1. The summed E-state index contributed by atoms with van der Waals surface area (Å²) in [4.78, 5) is 20.8. The van der Waals surface area contributed by atoms with E-state index in [2.05, 4.69) is 20.6 Å². The van der Waals surface area contributed by atoms with Crippen LogP contribution in [0.2, 0.25) is 0 Å². The average Bonchev–Trinajstić information content (AvgIpc) is 2.99. The van der Waals surface area contributed by atoms with Crippen molar-refractivity contribution < 1.29 is 23.1 Å². The molecular formula is C20H27F3N4O2S. The van der Waals surface area contributed by atoms with Gasteiger partial charge in [-0.15, -0.1) is 11.3 Å². The molecule has 0 fully saturated rings. The van der Waals surface area contributed by atoms with E-state index in [1.54, 1.807) is 6.92 Å². The molecule has 0 unspecified atom stereocenters. The maximum atomic E-state index is 13.8. The second-order valence-electron chi connectivity index (χ2n) is 8.40. The molecule has 0 radical (unpaired) electrons. The van der Waals surface area contributed by atoms with Gasteiger partial charge in [0.1, 0.15) is 5.82 Å². The number of hydrogen-bond donors (Lipinski definition) is 3. The summed E-state index contributed by atoms with van der Waals surface area (Å²) in [5.41, 5.74) is -2.20. The highest BCUT2D eigenvalue weighted by atomic mass is 32.1. The predicted molar refractivity (Wildman–Crippen MR) is 112 cm³/mol. The Bertz CT molecular complexity index is 918. The highest BCUT2D eigenvalue weighted by molar-refractivity contribution is 7.17. The quantitative estimate of drug-likeness (QED) is 0.579. The van der Waals surface area contributed by atoms with Crippen molar-refractivity contribution in [2.45, 2.75) is 65.3 Å². The molecule has 166 valence electrons. The highest BCUT2D eigenvalue weighted by Gasteiger charge is 2.36.